The van der Waals surface area contributed by atoms with Crippen LogP contribution in [0.5, 0.6) is 0 Å². The highest BCUT2D eigenvalue weighted by Gasteiger charge is 2.50. The average molecular weight is 350 g/mol. The van der Waals surface area contributed by atoms with Crippen molar-refractivity contribution in [3.63, 3.8) is 0 Å². The van der Waals surface area contributed by atoms with Gasteiger partial charge in [-0.05, 0) is 69.7 Å². The van der Waals surface area contributed by atoms with Crippen molar-refractivity contribution < 1.29 is 5.11 Å². The molecule has 2 aromatic rings. The monoisotopic (exact) mass is 349 g/mol. The van der Waals surface area contributed by atoms with Gasteiger partial charge in [0.15, 0.2) is 0 Å². The number of aliphatic hydroxyl groups is 1. The molecule has 138 valence electrons. The number of nitrogens with zero attached hydrogens (tertiary/aromatic N) is 1. The van der Waals surface area contributed by atoms with E-state index in [-0.39, 0.29) is 0 Å². The van der Waals surface area contributed by atoms with E-state index in [1.807, 2.05) is 13.8 Å². The van der Waals surface area contributed by atoms with Gasteiger partial charge in [0.05, 0.1) is 5.60 Å². The highest BCUT2D eigenvalue weighted by molar-refractivity contribution is 5.43. The summed E-state index contributed by atoms with van der Waals surface area (Å²) in [7, 11) is 0. The molecular formula is C24H31NO. The predicted octanol–water partition coefficient (Wildman–Crippen LogP) is 4.62. The second-order valence-corrected chi connectivity index (χ2v) is 8.77. The van der Waals surface area contributed by atoms with Crippen molar-refractivity contribution in [2.24, 2.45) is 5.92 Å². The van der Waals surface area contributed by atoms with Crippen molar-refractivity contribution in [2.75, 3.05) is 13.1 Å². The molecule has 3 aliphatic rings. The fraction of sp³-hybridized carbons (Fsp3) is 0.500. The maximum Gasteiger partial charge on any atom is 0.0729 e. The Morgan fingerprint density at radius 3 is 1.77 bits per heavy atom. The minimum atomic E-state index is -0.854. The Labute approximate surface area is 157 Å². The Morgan fingerprint density at radius 2 is 1.38 bits per heavy atom. The maximum absolute atomic E-state index is 11.5. The van der Waals surface area contributed by atoms with Gasteiger partial charge in [-0.3, -0.25) is 0 Å². The Balaban J connectivity index is 1.83. The van der Waals surface area contributed by atoms with Crippen molar-refractivity contribution in [3.05, 3.63) is 71.8 Å². The summed E-state index contributed by atoms with van der Waals surface area (Å²) in [5, 5.41) is 11.5. The van der Waals surface area contributed by atoms with Gasteiger partial charge in [0, 0.05) is 11.5 Å². The van der Waals surface area contributed by atoms with Gasteiger partial charge < -0.3 is 10.0 Å². The normalized spacial score (nSPS) is 26.0. The van der Waals surface area contributed by atoms with Crippen LogP contribution in [0.25, 0.3) is 0 Å². The molecule has 0 saturated carbocycles. The lowest BCUT2D eigenvalue weighted by Gasteiger charge is -2.52. The molecule has 1 atom stereocenters. The van der Waals surface area contributed by atoms with Crippen molar-refractivity contribution in [1.82, 2.24) is 4.90 Å². The van der Waals surface area contributed by atoms with Gasteiger partial charge in [-0.15, -0.1) is 0 Å². The van der Waals surface area contributed by atoms with Gasteiger partial charge >= 0.3 is 0 Å². The second kappa shape index (κ2) is 6.83. The topological polar surface area (TPSA) is 23.5 Å². The molecule has 5 rings (SSSR count). The highest BCUT2D eigenvalue weighted by Crippen LogP contribution is 2.48. The molecule has 0 amide bonds. The van der Waals surface area contributed by atoms with Crippen LogP contribution in [0.15, 0.2) is 60.7 Å². The summed E-state index contributed by atoms with van der Waals surface area (Å²) in [5.41, 5.74) is 1.19. The van der Waals surface area contributed by atoms with Crippen LogP contribution in [0.3, 0.4) is 0 Å². The number of benzene rings is 2. The van der Waals surface area contributed by atoms with Crippen molar-refractivity contribution >= 4 is 0 Å². The van der Waals surface area contributed by atoms with E-state index in [0.717, 1.165) is 12.3 Å². The van der Waals surface area contributed by atoms with Gasteiger partial charge in [-0.1, -0.05) is 60.7 Å². The van der Waals surface area contributed by atoms with Crippen LogP contribution < -0.4 is 0 Å². The fourth-order valence-corrected chi connectivity index (χ4v) is 5.46. The first-order valence-corrected chi connectivity index (χ1v) is 10.1. The molecule has 1 unspecified atom stereocenters. The molecule has 3 saturated heterocycles. The summed E-state index contributed by atoms with van der Waals surface area (Å²) in [6, 6.07) is 21.9. The molecule has 0 radical (unpaired) electrons. The average Bonchev–Trinajstić information content (AvgIpc) is 2.67. The number of hydrogen-bond donors (Lipinski definition) is 1. The molecule has 0 aliphatic carbocycles. The maximum atomic E-state index is 11.5. The van der Waals surface area contributed by atoms with Crippen LogP contribution in [0.1, 0.15) is 50.7 Å². The third-order valence-electron chi connectivity index (χ3n) is 6.89. The van der Waals surface area contributed by atoms with E-state index in [0.29, 0.717) is 6.04 Å². The number of hydrogen-bond acceptors (Lipinski definition) is 2. The van der Waals surface area contributed by atoms with E-state index in [1.54, 1.807) is 0 Å². The lowest BCUT2D eigenvalue weighted by molar-refractivity contribution is -0.0270. The molecule has 2 aromatic carbocycles. The van der Waals surface area contributed by atoms with E-state index >= 15 is 0 Å². The molecule has 0 aromatic heterocycles. The number of rotatable bonds is 5. The zero-order valence-corrected chi connectivity index (χ0v) is 16.1. The van der Waals surface area contributed by atoms with Gasteiger partial charge in [-0.2, -0.15) is 0 Å². The minimum Gasteiger partial charge on any atom is -0.389 e. The van der Waals surface area contributed by atoms with E-state index in [2.05, 4.69) is 65.6 Å². The Bertz CT molecular complexity index is 671. The van der Waals surface area contributed by atoms with Gasteiger partial charge in [0.1, 0.15) is 0 Å². The number of piperidine rings is 3. The van der Waals surface area contributed by atoms with Crippen molar-refractivity contribution in [2.45, 2.75) is 56.6 Å². The van der Waals surface area contributed by atoms with Gasteiger partial charge in [0.25, 0.3) is 0 Å². The SMILES string of the molecule is CC(C)(O)C(CC1CC2CCN1CC2)(c1ccccc1)c1ccccc1. The van der Waals surface area contributed by atoms with Gasteiger partial charge in [0.2, 0.25) is 0 Å². The Kier molecular flexibility index (Phi) is 4.66. The summed E-state index contributed by atoms with van der Waals surface area (Å²) < 4.78 is 0. The molecule has 2 bridgehead atoms. The quantitative estimate of drug-likeness (QED) is 0.851. The van der Waals surface area contributed by atoms with Crippen LogP contribution in [0.4, 0.5) is 0 Å². The van der Waals surface area contributed by atoms with Crippen LogP contribution in [0, 0.1) is 5.92 Å². The van der Waals surface area contributed by atoms with Crippen LogP contribution in [-0.2, 0) is 5.41 Å². The van der Waals surface area contributed by atoms with Crippen LogP contribution in [0.2, 0.25) is 0 Å². The summed E-state index contributed by atoms with van der Waals surface area (Å²) in [5.74, 6) is 0.871. The summed E-state index contributed by atoms with van der Waals surface area (Å²) >= 11 is 0. The lowest BCUT2D eigenvalue weighted by atomic mass is 9.60. The molecule has 3 fully saturated rings. The molecule has 2 nitrogen and oxygen atoms in total. The largest absolute Gasteiger partial charge is 0.389 e. The van der Waals surface area contributed by atoms with E-state index in [1.165, 1.54) is 43.5 Å². The smallest absolute Gasteiger partial charge is 0.0729 e. The molecule has 1 N–H and O–H groups in total. The first-order valence-electron chi connectivity index (χ1n) is 10.1. The molecular weight excluding hydrogens is 318 g/mol. The predicted molar refractivity (Wildman–Crippen MR) is 107 cm³/mol. The Hall–Kier alpha value is -1.64. The minimum absolute atomic E-state index is 0.405. The molecule has 3 aliphatic heterocycles. The van der Waals surface area contributed by atoms with Crippen molar-refractivity contribution in [1.29, 1.82) is 0 Å². The standard InChI is InChI=1S/C24H31NO/c1-23(2,26)24(20-9-5-3-6-10-20,21-11-7-4-8-12-21)18-22-17-19-13-15-25(22)16-14-19/h3-12,19,22,26H,13-18H2,1-2H3. The molecule has 26 heavy (non-hydrogen) atoms. The summed E-state index contributed by atoms with van der Waals surface area (Å²) in [6.07, 6.45) is 4.95. The lowest BCUT2D eigenvalue weighted by Crippen LogP contribution is -2.56. The van der Waals surface area contributed by atoms with Crippen molar-refractivity contribution in [3.8, 4) is 0 Å². The fourth-order valence-electron chi connectivity index (χ4n) is 5.46. The number of fused-ring (bicyclic) bond motifs is 3. The third kappa shape index (κ3) is 3.00. The summed E-state index contributed by atoms with van der Waals surface area (Å²) in [4.78, 5) is 2.67. The van der Waals surface area contributed by atoms with Crippen LogP contribution >= 0.6 is 0 Å². The molecule has 3 heterocycles. The van der Waals surface area contributed by atoms with E-state index in [9.17, 15) is 5.11 Å². The van der Waals surface area contributed by atoms with Crippen LogP contribution in [-0.4, -0.2) is 34.7 Å². The zero-order chi connectivity index (χ0) is 18.2. The molecule has 2 heteroatoms. The third-order valence-corrected chi connectivity index (χ3v) is 6.89. The second-order valence-electron chi connectivity index (χ2n) is 8.77. The zero-order valence-electron chi connectivity index (χ0n) is 16.1. The first-order chi connectivity index (χ1) is 12.5. The Morgan fingerprint density at radius 1 is 0.885 bits per heavy atom. The van der Waals surface area contributed by atoms with E-state index < -0.39 is 11.0 Å². The first kappa shape index (κ1) is 17.8. The van der Waals surface area contributed by atoms with E-state index in [4.69, 9.17) is 0 Å². The van der Waals surface area contributed by atoms with Gasteiger partial charge in [-0.25, -0.2) is 0 Å². The summed E-state index contributed by atoms with van der Waals surface area (Å²) in [6.45, 7) is 6.43. The molecule has 0 spiro atoms. The highest BCUT2D eigenvalue weighted by atomic mass is 16.3.